The molecule has 0 radical (unpaired) electrons. The SMILES string of the molecule is CCCn1cncc1Cn1ccc2ccc(CNC)cc21. The molecule has 0 atom stereocenters. The molecule has 0 saturated heterocycles. The van der Waals surface area contributed by atoms with Gasteiger partial charge in [0.15, 0.2) is 0 Å². The first-order chi connectivity index (χ1) is 10.3. The van der Waals surface area contributed by atoms with Gasteiger partial charge in [0.2, 0.25) is 0 Å². The molecule has 1 aromatic carbocycles. The first-order valence-corrected chi connectivity index (χ1v) is 7.53. The summed E-state index contributed by atoms with van der Waals surface area (Å²) in [7, 11) is 1.98. The van der Waals surface area contributed by atoms with Gasteiger partial charge < -0.3 is 14.5 Å². The van der Waals surface area contributed by atoms with Crippen molar-refractivity contribution < 1.29 is 0 Å². The predicted octanol–water partition coefficient (Wildman–Crippen LogP) is 3.02. The Morgan fingerprint density at radius 1 is 1.19 bits per heavy atom. The van der Waals surface area contributed by atoms with E-state index in [-0.39, 0.29) is 0 Å². The van der Waals surface area contributed by atoms with E-state index < -0.39 is 0 Å². The molecular weight excluding hydrogens is 260 g/mol. The van der Waals surface area contributed by atoms with Crippen molar-refractivity contribution in [3.8, 4) is 0 Å². The summed E-state index contributed by atoms with van der Waals surface area (Å²) in [6.45, 7) is 4.99. The Morgan fingerprint density at radius 3 is 2.90 bits per heavy atom. The monoisotopic (exact) mass is 282 g/mol. The van der Waals surface area contributed by atoms with Gasteiger partial charge in [-0.15, -0.1) is 0 Å². The highest BCUT2D eigenvalue weighted by molar-refractivity contribution is 5.80. The molecule has 1 N–H and O–H groups in total. The Balaban J connectivity index is 1.92. The lowest BCUT2D eigenvalue weighted by atomic mass is 10.1. The zero-order chi connectivity index (χ0) is 14.7. The number of nitrogens with zero attached hydrogens (tertiary/aromatic N) is 3. The van der Waals surface area contributed by atoms with Crippen LogP contribution in [0.25, 0.3) is 10.9 Å². The summed E-state index contributed by atoms with van der Waals surface area (Å²) in [5.74, 6) is 0. The summed E-state index contributed by atoms with van der Waals surface area (Å²) < 4.78 is 4.54. The van der Waals surface area contributed by atoms with E-state index in [0.717, 1.165) is 26.1 Å². The predicted molar refractivity (Wildman–Crippen MR) is 86.3 cm³/mol. The standard InChI is InChI=1S/C17H22N4/c1-3-7-21-13-19-11-16(21)12-20-8-6-15-5-4-14(10-18-2)9-17(15)20/h4-6,8-9,11,13,18H,3,7,10,12H2,1-2H3. The van der Waals surface area contributed by atoms with Crippen LogP contribution in [0.5, 0.6) is 0 Å². The molecule has 0 saturated carbocycles. The minimum atomic E-state index is 0.868. The zero-order valence-corrected chi connectivity index (χ0v) is 12.7. The molecule has 0 fully saturated rings. The number of nitrogens with one attached hydrogen (secondary N) is 1. The molecule has 0 aliphatic carbocycles. The summed E-state index contributed by atoms with van der Waals surface area (Å²) >= 11 is 0. The average Bonchev–Trinajstić information content (AvgIpc) is 3.08. The molecule has 2 heterocycles. The lowest BCUT2D eigenvalue weighted by molar-refractivity contribution is 0.629. The third-order valence-corrected chi connectivity index (χ3v) is 3.81. The van der Waals surface area contributed by atoms with Gasteiger partial charge in [-0.1, -0.05) is 19.1 Å². The fourth-order valence-corrected chi connectivity index (χ4v) is 2.78. The fraction of sp³-hybridized carbons (Fsp3) is 0.353. The van der Waals surface area contributed by atoms with E-state index in [1.165, 1.54) is 22.2 Å². The summed E-state index contributed by atoms with van der Waals surface area (Å²) in [4.78, 5) is 4.29. The molecule has 0 aliphatic rings. The van der Waals surface area contributed by atoms with Gasteiger partial charge in [-0.2, -0.15) is 0 Å². The van der Waals surface area contributed by atoms with Crippen LogP contribution in [-0.4, -0.2) is 21.2 Å². The quantitative estimate of drug-likeness (QED) is 0.754. The maximum absolute atomic E-state index is 4.29. The molecule has 0 aliphatic heterocycles. The van der Waals surface area contributed by atoms with Crippen molar-refractivity contribution >= 4 is 10.9 Å². The summed E-state index contributed by atoms with van der Waals surface area (Å²) in [6.07, 6.45) is 7.19. The summed E-state index contributed by atoms with van der Waals surface area (Å²) in [5.41, 5.74) is 3.85. The Labute approximate surface area is 125 Å². The highest BCUT2D eigenvalue weighted by atomic mass is 15.1. The molecule has 3 aromatic rings. The maximum atomic E-state index is 4.29. The van der Waals surface area contributed by atoms with Gasteiger partial charge in [0, 0.05) is 31.0 Å². The van der Waals surface area contributed by atoms with E-state index in [4.69, 9.17) is 0 Å². The smallest absolute Gasteiger partial charge is 0.0948 e. The molecule has 0 bridgehead atoms. The summed E-state index contributed by atoms with van der Waals surface area (Å²) in [5, 5.41) is 4.50. The number of imidazole rings is 1. The maximum Gasteiger partial charge on any atom is 0.0948 e. The van der Waals surface area contributed by atoms with Crippen molar-refractivity contribution in [1.29, 1.82) is 0 Å². The van der Waals surface area contributed by atoms with Crippen molar-refractivity contribution in [3.63, 3.8) is 0 Å². The van der Waals surface area contributed by atoms with Gasteiger partial charge >= 0.3 is 0 Å². The number of hydrogen-bond donors (Lipinski definition) is 1. The number of fused-ring (bicyclic) bond motifs is 1. The largest absolute Gasteiger partial charge is 0.341 e. The second-order valence-corrected chi connectivity index (χ2v) is 5.45. The third-order valence-electron chi connectivity index (χ3n) is 3.81. The molecule has 0 unspecified atom stereocenters. The molecule has 110 valence electrons. The van der Waals surface area contributed by atoms with Crippen molar-refractivity contribution in [3.05, 3.63) is 54.2 Å². The topological polar surface area (TPSA) is 34.8 Å². The van der Waals surface area contributed by atoms with Crippen LogP contribution in [0.1, 0.15) is 24.6 Å². The lowest BCUT2D eigenvalue weighted by Gasteiger charge is -2.10. The summed E-state index contributed by atoms with van der Waals surface area (Å²) in [6, 6.07) is 8.83. The fourth-order valence-electron chi connectivity index (χ4n) is 2.78. The van der Waals surface area contributed by atoms with Gasteiger partial charge in [0.05, 0.1) is 18.6 Å². The van der Waals surface area contributed by atoms with E-state index in [0.29, 0.717) is 0 Å². The van der Waals surface area contributed by atoms with E-state index in [1.807, 2.05) is 19.6 Å². The lowest BCUT2D eigenvalue weighted by Crippen LogP contribution is -2.07. The Kier molecular flexibility index (Phi) is 4.06. The van der Waals surface area contributed by atoms with Crippen molar-refractivity contribution in [2.24, 2.45) is 0 Å². The average molecular weight is 282 g/mol. The Hall–Kier alpha value is -2.07. The molecule has 21 heavy (non-hydrogen) atoms. The molecule has 4 heteroatoms. The highest BCUT2D eigenvalue weighted by Gasteiger charge is 2.06. The number of hydrogen-bond acceptors (Lipinski definition) is 2. The van der Waals surface area contributed by atoms with Crippen molar-refractivity contribution in [2.75, 3.05) is 7.05 Å². The number of benzene rings is 1. The van der Waals surface area contributed by atoms with E-state index >= 15 is 0 Å². The zero-order valence-electron chi connectivity index (χ0n) is 12.7. The minimum Gasteiger partial charge on any atom is -0.341 e. The van der Waals surface area contributed by atoms with Crippen LogP contribution in [0.4, 0.5) is 0 Å². The molecular formula is C17H22N4. The van der Waals surface area contributed by atoms with E-state index in [9.17, 15) is 0 Å². The number of aromatic nitrogens is 3. The van der Waals surface area contributed by atoms with Gasteiger partial charge in [0.25, 0.3) is 0 Å². The molecule has 0 spiro atoms. The van der Waals surface area contributed by atoms with Crippen LogP contribution in [-0.2, 0) is 19.6 Å². The molecule has 0 amide bonds. The van der Waals surface area contributed by atoms with Crippen molar-refractivity contribution in [1.82, 2.24) is 19.4 Å². The van der Waals surface area contributed by atoms with Gasteiger partial charge in [-0.25, -0.2) is 4.98 Å². The Bertz CT molecular complexity index is 723. The second kappa shape index (κ2) is 6.14. The molecule has 3 rings (SSSR count). The Morgan fingerprint density at radius 2 is 2.10 bits per heavy atom. The van der Waals surface area contributed by atoms with Gasteiger partial charge in [-0.05, 0) is 36.6 Å². The van der Waals surface area contributed by atoms with Gasteiger partial charge in [-0.3, -0.25) is 0 Å². The first kappa shape index (κ1) is 13.9. The molecule has 2 aromatic heterocycles. The molecule has 4 nitrogen and oxygen atoms in total. The van der Waals surface area contributed by atoms with Gasteiger partial charge in [0.1, 0.15) is 0 Å². The minimum absolute atomic E-state index is 0.868. The second-order valence-electron chi connectivity index (χ2n) is 5.45. The van der Waals surface area contributed by atoms with E-state index in [1.54, 1.807) is 0 Å². The normalized spacial score (nSPS) is 11.3. The van der Waals surface area contributed by atoms with Crippen LogP contribution in [0, 0.1) is 0 Å². The van der Waals surface area contributed by atoms with Crippen LogP contribution in [0.15, 0.2) is 43.0 Å². The third kappa shape index (κ3) is 2.85. The number of rotatable bonds is 6. The van der Waals surface area contributed by atoms with E-state index in [2.05, 4.69) is 56.8 Å². The van der Waals surface area contributed by atoms with Crippen LogP contribution in [0.3, 0.4) is 0 Å². The highest BCUT2D eigenvalue weighted by Crippen LogP contribution is 2.19. The van der Waals surface area contributed by atoms with Crippen LogP contribution < -0.4 is 5.32 Å². The first-order valence-electron chi connectivity index (χ1n) is 7.53. The van der Waals surface area contributed by atoms with Crippen molar-refractivity contribution in [2.45, 2.75) is 33.0 Å². The van der Waals surface area contributed by atoms with Crippen LogP contribution in [0.2, 0.25) is 0 Å². The number of aryl methyl sites for hydroxylation is 1. The van der Waals surface area contributed by atoms with Crippen LogP contribution >= 0.6 is 0 Å².